The van der Waals surface area contributed by atoms with Gasteiger partial charge in [-0.3, -0.25) is 0 Å². The van der Waals surface area contributed by atoms with E-state index in [0.717, 1.165) is 5.25 Å². The highest BCUT2D eigenvalue weighted by molar-refractivity contribution is 8.78. The molecule has 0 fully saturated rings. The van der Waals surface area contributed by atoms with Gasteiger partial charge in [-0.05, 0) is 18.8 Å². The van der Waals surface area contributed by atoms with Crippen LogP contribution in [0, 0.1) is 0 Å². The Kier molecular flexibility index (Phi) is 6.88. The van der Waals surface area contributed by atoms with Crippen molar-refractivity contribution in [2.45, 2.75) is 32.4 Å². The van der Waals surface area contributed by atoms with E-state index >= 15 is 0 Å². The molecule has 0 saturated carbocycles. The maximum absolute atomic E-state index is 2.25. The molecule has 0 aromatic carbocycles. The van der Waals surface area contributed by atoms with Gasteiger partial charge in [0.05, 0.1) is 0 Å². The lowest BCUT2D eigenvalue weighted by Gasteiger charge is -2.02. The summed E-state index contributed by atoms with van der Waals surface area (Å²) in [6, 6.07) is 0. The molecule has 0 aliphatic heterocycles. The van der Waals surface area contributed by atoms with Crippen molar-refractivity contribution >= 4 is 21.6 Å². The van der Waals surface area contributed by atoms with Gasteiger partial charge in [-0.25, -0.2) is 0 Å². The molecule has 0 aromatic rings. The molecular weight excluding hydrogens is 148 g/mol. The molecule has 0 heterocycles. The SMILES string of the molecule is C/C=C\SSC(C)CC. The highest BCUT2D eigenvalue weighted by Gasteiger charge is 1.95. The van der Waals surface area contributed by atoms with E-state index in [9.17, 15) is 0 Å². The van der Waals surface area contributed by atoms with Crippen molar-refractivity contribution in [1.29, 1.82) is 0 Å². The number of rotatable bonds is 4. The molecule has 0 nitrogen and oxygen atoms in total. The van der Waals surface area contributed by atoms with Crippen LogP contribution in [-0.2, 0) is 0 Å². The highest BCUT2D eigenvalue weighted by Crippen LogP contribution is 2.28. The van der Waals surface area contributed by atoms with Gasteiger partial charge >= 0.3 is 0 Å². The van der Waals surface area contributed by atoms with E-state index in [4.69, 9.17) is 0 Å². The second-order valence-electron chi connectivity index (χ2n) is 1.88. The quantitative estimate of drug-likeness (QED) is 0.578. The molecule has 9 heavy (non-hydrogen) atoms. The van der Waals surface area contributed by atoms with Crippen molar-refractivity contribution in [3.63, 3.8) is 0 Å². The van der Waals surface area contributed by atoms with Gasteiger partial charge in [0.2, 0.25) is 0 Å². The Labute approximate surface area is 65.9 Å². The van der Waals surface area contributed by atoms with Crippen molar-refractivity contribution < 1.29 is 0 Å². The first-order valence-corrected chi connectivity index (χ1v) is 5.52. The fourth-order valence-corrected chi connectivity index (χ4v) is 2.25. The average Bonchev–Trinajstić information content (AvgIpc) is 1.89. The lowest BCUT2D eigenvalue weighted by Crippen LogP contribution is -1.86. The molecule has 0 saturated heterocycles. The second-order valence-corrected chi connectivity index (χ2v) is 4.50. The van der Waals surface area contributed by atoms with Crippen molar-refractivity contribution in [2.75, 3.05) is 0 Å². The zero-order valence-corrected chi connectivity index (χ0v) is 7.89. The third-order valence-electron chi connectivity index (χ3n) is 0.986. The summed E-state index contributed by atoms with van der Waals surface area (Å²) < 4.78 is 0. The van der Waals surface area contributed by atoms with Gasteiger partial charge < -0.3 is 0 Å². The number of hydrogen-bond acceptors (Lipinski definition) is 2. The van der Waals surface area contributed by atoms with Crippen LogP contribution in [0.15, 0.2) is 11.5 Å². The third kappa shape index (κ3) is 6.32. The molecule has 0 aliphatic carbocycles. The average molecular weight is 162 g/mol. The standard InChI is InChI=1S/C7H14S2/c1-4-6-8-9-7(3)5-2/h4,6-7H,5H2,1-3H3/b6-4-. The van der Waals surface area contributed by atoms with Crippen molar-refractivity contribution in [3.05, 3.63) is 11.5 Å². The fourth-order valence-electron chi connectivity index (χ4n) is 0.251. The molecule has 0 bridgehead atoms. The van der Waals surface area contributed by atoms with Crippen LogP contribution in [-0.4, -0.2) is 5.25 Å². The summed E-state index contributed by atoms with van der Waals surface area (Å²) in [7, 11) is 3.75. The Bertz CT molecular complexity index is 79.0. The van der Waals surface area contributed by atoms with Crippen molar-refractivity contribution in [2.24, 2.45) is 0 Å². The van der Waals surface area contributed by atoms with Crippen LogP contribution < -0.4 is 0 Å². The second kappa shape index (κ2) is 6.56. The van der Waals surface area contributed by atoms with Crippen LogP contribution in [0.3, 0.4) is 0 Å². The van der Waals surface area contributed by atoms with E-state index in [-0.39, 0.29) is 0 Å². The number of hydrogen-bond donors (Lipinski definition) is 0. The summed E-state index contributed by atoms with van der Waals surface area (Å²) >= 11 is 0. The van der Waals surface area contributed by atoms with E-state index in [1.807, 2.05) is 28.5 Å². The molecule has 0 spiro atoms. The monoisotopic (exact) mass is 162 g/mol. The van der Waals surface area contributed by atoms with Crippen LogP contribution >= 0.6 is 21.6 Å². The van der Waals surface area contributed by atoms with E-state index in [0.29, 0.717) is 0 Å². The van der Waals surface area contributed by atoms with E-state index in [2.05, 4.69) is 25.3 Å². The summed E-state index contributed by atoms with van der Waals surface area (Å²) in [6.07, 6.45) is 3.33. The van der Waals surface area contributed by atoms with Crippen molar-refractivity contribution in [1.82, 2.24) is 0 Å². The maximum atomic E-state index is 2.25. The van der Waals surface area contributed by atoms with Crippen LogP contribution in [0.5, 0.6) is 0 Å². The van der Waals surface area contributed by atoms with Gasteiger partial charge in [-0.1, -0.05) is 41.5 Å². The molecule has 2 heteroatoms. The summed E-state index contributed by atoms with van der Waals surface area (Å²) in [6.45, 7) is 6.51. The van der Waals surface area contributed by atoms with E-state index < -0.39 is 0 Å². The molecule has 0 radical (unpaired) electrons. The Morgan fingerprint density at radius 1 is 1.56 bits per heavy atom. The molecule has 0 aromatic heterocycles. The molecule has 0 aliphatic rings. The Hall–Kier alpha value is 0.440. The molecule has 54 valence electrons. The fraction of sp³-hybridized carbons (Fsp3) is 0.714. The lowest BCUT2D eigenvalue weighted by atomic mass is 10.4. The van der Waals surface area contributed by atoms with Gasteiger partial charge in [-0.15, -0.1) is 0 Å². The van der Waals surface area contributed by atoms with Crippen LogP contribution in [0.25, 0.3) is 0 Å². The lowest BCUT2D eigenvalue weighted by molar-refractivity contribution is 0.912. The van der Waals surface area contributed by atoms with Gasteiger partial charge in [0.25, 0.3) is 0 Å². The largest absolute Gasteiger partial charge is 0.0864 e. The summed E-state index contributed by atoms with van der Waals surface area (Å²) in [4.78, 5) is 0. The first-order valence-electron chi connectivity index (χ1n) is 3.24. The summed E-state index contributed by atoms with van der Waals surface area (Å²) in [5, 5.41) is 2.91. The molecule has 0 N–H and O–H groups in total. The van der Waals surface area contributed by atoms with Gasteiger partial charge in [0, 0.05) is 5.25 Å². The first-order chi connectivity index (χ1) is 4.31. The first kappa shape index (κ1) is 9.44. The maximum Gasteiger partial charge on any atom is 0.0123 e. The smallest absolute Gasteiger partial charge is 0.0123 e. The predicted molar refractivity (Wildman–Crippen MR) is 49.7 cm³/mol. The zero-order chi connectivity index (χ0) is 7.11. The minimum Gasteiger partial charge on any atom is -0.0864 e. The minimum atomic E-state index is 0.784. The summed E-state index contributed by atoms with van der Waals surface area (Å²) in [5.74, 6) is 0. The van der Waals surface area contributed by atoms with Crippen molar-refractivity contribution in [3.8, 4) is 0 Å². The van der Waals surface area contributed by atoms with Gasteiger partial charge in [-0.2, -0.15) is 0 Å². The van der Waals surface area contributed by atoms with Gasteiger partial charge in [0.1, 0.15) is 0 Å². The minimum absolute atomic E-state index is 0.784. The Morgan fingerprint density at radius 3 is 2.67 bits per heavy atom. The molecule has 1 unspecified atom stereocenters. The number of allylic oxidation sites excluding steroid dienone is 1. The van der Waals surface area contributed by atoms with Crippen LogP contribution in [0.2, 0.25) is 0 Å². The predicted octanol–water partition coefficient (Wildman–Crippen LogP) is 3.70. The zero-order valence-electron chi connectivity index (χ0n) is 6.26. The van der Waals surface area contributed by atoms with Gasteiger partial charge in [0.15, 0.2) is 0 Å². The topological polar surface area (TPSA) is 0 Å². The van der Waals surface area contributed by atoms with E-state index in [1.54, 1.807) is 0 Å². The highest BCUT2D eigenvalue weighted by atomic mass is 33.1. The molecule has 0 amide bonds. The Morgan fingerprint density at radius 2 is 2.22 bits per heavy atom. The molecular formula is C7H14S2. The normalized spacial score (nSPS) is 14.6. The molecule has 0 rings (SSSR count). The van der Waals surface area contributed by atoms with E-state index in [1.165, 1.54) is 6.42 Å². The van der Waals surface area contributed by atoms with Crippen LogP contribution in [0.1, 0.15) is 27.2 Å². The summed E-state index contributed by atoms with van der Waals surface area (Å²) in [5.41, 5.74) is 0. The molecule has 1 atom stereocenters. The van der Waals surface area contributed by atoms with Crippen LogP contribution in [0.4, 0.5) is 0 Å². The Balaban J connectivity index is 3.06. The third-order valence-corrected chi connectivity index (χ3v) is 3.79.